The molecule has 1 N–H and O–H groups in total. The Balaban J connectivity index is 1.73. The molecule has 0 saturated heterocycles. The van der Waals surface area contributed by atoms with Gasteiger partial charge in [-0.2, -0.15) is 0 Å². The predicted molar refractivity (Wildman–Crippen MR) is 84.5 cm³/mol. The highest BCUT2D eigenvalue weighted by Gasteiger charge is 2.23. The van der Waals surface area contributed by atoms with Crippen molar-refractivity contribution in [2.45, 2.75) is 32.7 Å². The van der Waals surface area contributed by atoms with Gasteiger partial charge in [-0.05, 0) is 37.6 Å². The average Bonchev–Trinajstić information content (AvgIpc) is 3.04. The molecule has 1 aromatic carbocycles. The summed E-state index contributed by atoms with van der Waals surface area (Å²) < 4.78 is 5.54. The van der Waals surface area contributed by atoms with Gasteiger partial charge in [0.15, 0.2) is 0 Å². The van der Waals surface area contributed by atoms with E-state index in [1.165, 1.54) is 0 Å². The van der Waals surface area contributed by atoms with Crippen LogP contribution in [-0.4, -0.2) is 23.5 Å². The van der Waals surface area contributed by atoms with Gasteiger partial charge in [-0.1, -0.05) is 25.5 Å². The number of urea groups is 1. The van der Waals surface area contributed by atoms with Crippen LogP contribution in [-0.2, 0) is 0 Å². The maximum atomic E-state index is 12.4. The van der Waals surface area contributed by atoms with Gasteiger partial charge in [0.1, 0.15) is 11.3 Å². The van der Waals surface area contributed by atoms with Gasteiger partial charge in [0, 0.05) is 17.6 Å². The van der Waals surface area contributed by atoms with Crippen molar-refractivity contribution in [2.24, 2.45) is 0 Å². The molecule has 0 saturated carbocycles. The van der Waals surface area contributed by atoms with Crippen molar-refractivity contribution in [3.05, 3.63) is 42.2 Å². The highest BCUT2D eigenvalue weighted by molar-refractivity contribution is 5.93. The van der Waals surface area contributed by atoms with Crippen molar-refractivity contribution >= 4 is 22.7 Å². The second kappa shape index (κ2) is 5.64. The molecule has 0 unspecified atom stereocenters. The first-order valence-corrected chi connectivity index (χ1v) is 7.42. The number of fused-ring (bicyclic) bond motifs is 1. The fourth-order valence-corrected chi connectivity index (χ4v) is 2.80. The third kappa shape index (κ3) is 2.79. The lowest BCUT2D eigenvalue weighted by Crippen LogP contribution is -2.39. The zero-order valence-electron chi connectivity index (χ0n) is 12.4. The number of furan rings is 1. The Hall–Kier alpha value is -2.23. The smallest absolute Gasteiger partial charge is 0.322 e. The normalized spacial score (nSPS) is 17.6. The minimum Gasteiger partial charge on any atom is -0.461 e. The van der Waals surface area contributed by atoms with E-state index in [-0.39, 0.29) is 12.1 Å². The number of nitrogens with zero attached hydrogens (tertiary/aromatic N) is 1. The number of hydrogen-bond acceptors (Lipinski definition) is 2. The van der Waals surface area contributed by atoms with Crippen LogP contribution in [0, 0.1) is 6.92 Å². The molecule has 1 atom stereocenters. The van der Waals surface area contributed by atoms with Crippen LogP contribution >= 0.6 is 0 Å². The molecule has 0 spiro atoms. The summed E-state index contributed by atoms with van der Waals surface area (Å²) in [4.78, 5) is 14.3. The molecule has 0 aliphatic carbocycles. The van der Waals surface area contributed by atoms with Crippen LogP contribution in [0.25, 0.3) is 11.0 Å². The van der Waals surface area contributed by atoms with Gasteiger partial charge in [0.25, 0.3) is 0 Å². The maximum Gasteiger partial charge on any atom is 0.322 e. The third-order valence-corrected chi connectivity index (χ3v) is 3.80. The van der Waals surface area contributed by atoms with E-state index >= 15 is 0 Å². The zero-order chi connectivity index (χ0) is 14.8. The minimum absolute atomic E-state index is 0.0435. The van der Waals surface area contributed by atoms with Crippen LogP contribution in [0.15, 0.2) is 40.8 Å². The summed E-state index contributed by atoms with van der Waals surface area (Å²) >= 11 is 0. The summed E-state index contributed by atoms with van der Waals surface area (Å²) in [6, 6.07) is 7.86. The van der Waals surface area contributed by atoms with Crippen LogP contribution in [0.4, 0.5) is 10.5 Å². The molecule has 2 heterocycles. The van der Waals surface area contributed by atoms with Crippen LogP contribution in [0.2, 0.25) is 0 Å². The number of carbonyl (C=O) groups is 1. The Kier molecular flexibility index (Phi) is 3.69. The Morgan fingerprint density at radius 3 is 3.10 bits per heavy atom. The fraction of sp³-hybridized carbons (Fsp3) is 0.353. The maximum absolute atomic E-state index is 12.4. The summed E-state index contributed by atoms with van der Waals surface area (Å²) in [5, 5.41) is 3.99. The molecule has 1 aromatic heterocycles. The molecule has 0 radical (unpaired) electrons. The quantitative estimate of drug-likeness (QED) is 0.853. The number of anilines is 1. The number of nitrogens with one attached hydrogen (secondary N) is 1. The Bertz CT molecular complexity index is 687. The van der Waals surface area contributed by atoms with Crippen LogP contribution < -0.4 is 5.32 Å². The molecule has 1 aliphatic heterocycles. The molecule has 0 fully saturated rings. The molecule has 21 heavy (non-hydrogen) atoms. The Labute approximate surface area is 124 Å². The van der Waals surface area contributed by atoms with Gasteiger partial charge in [0.05, 0.1) is 6.04 Å². The van der Waals surface area contributed by atoms with E-state index in [2.05, 4.69) is 24.4 Å². The standard InChI is InChI=1S/C17H20N2O2/c1-3-5-15-6-4-9-19(15)17(20)18-14-7-8-16-13(11-14)10-12(2)21-16/h4,6-8,10-11,15H,3,5,9H2,1-2H3,(H,18,20)/t15-/m0/s1. The number of carbonyl (C=O) groups excluding carboxylic acids is 1. The van der Waals surface area contributed by atoms with Gasteiger partial charge < -0.3 is 14.6 Å². The van der Waals surface area contributed by atoms with E-state index in [1.807, 2.05) is 36.1 Å². The zero-order valence-corrected chi connectivity index (χ0v) is 12.4. The largest absolute Gasteiger partial charge is 0.461 e. The summed E-state index contributed by atoms with van der Waals surface area (Å²) in [6.45, 7) is 4.74. The number of benzene rings is 1. The van der Waals surface area contributed by atoms with Gasteiger partial charge in [-0.25, -0.2) is 4.79 Å². The van der Waals surface area contributed by atoms with E-state index in [4.69, 9.17) is 4.42 Å². The van der Waals surface area contributed by atoms with Gasteiger partial charge in [-0.15, -0.1) is 0 Å². The van der Waals surface area contributed by atoms with E-state index < -0.39 is 0 Å². The van der Waals surface area contributed by atoms with Crippen LogP contribution in [0.5, 0.6) is 0 Å². The van der Waals surface area contributed by atoms with Crippen molar-refractivity contribution in [3.63, 3.8) is 0 Å². The van der Waals surface area contributed by atoms with Crippen molar-refractivity contribution in [3.8, 4) is 0 Å². The molecule has 0 bridgehead atoms. The minimum atomic E-state index is -0.0435. The van der Waals surface area contributed by atoms with E-state index in [9.17, 15) is 4.79 Å². The first-order chi connectivity index (χ1) is 10.2. The lowest BCUT2D eigenvalue weighted by Gasteiger charge is -2.24. The summed E-state index contributed by atoms with van der Waals surface area (Å²) in [5.41, 5.74) is 1.65. The first kappa shape index (κ1) is 13.7. The lowest BCUT2D eigenvalue weighted by atomic mass is 10.2. The second-order valence-corrected chi connectivity index (χ2v) is 5.48. The average molecular weight is 284 g/mol. The SMILES string of the molecule is CCC[C@H]1C=CCN1C(=O)Nc1ccc2oc(C)cc2c1. The molecule has 4 heteroatoms. The molecule has 1 aliphatic rings. The van der Waals surface area contributed by atoms with E-state index in [0.29, 0.717) is 6.54 Å². The number of rotatable bonds is 3. The van der Waals surface area contributed by atoms with Gasteiger partial charge in [-0.3, -0.25) is 0 Å². The molecule has 4 nitrogen and oxygen atoms in total. The highest BCUT2D eigenvalue weighted by atomic mass is 16.3. The van der Waals surface area contributed by atoms with Crippen LogP contribution in [0.3, 0.4) is 0 Å². The molecular formula is C17H20N2O2. The first-order valence-electron chi connectivity index (χ1n) is 7.42. The van der Waals surface area contributed by atoms with Crippen molar-refractivity contribution < 1.29 is 9.21 Å². The monoisotopic (exact) mass is 284 g/mol. The second-order valence-electron chi connectivity index (χ2n) is 5.48. The molecule has 3 rings (SSSR count). The molecule has 110 valence electrons. The molecule has 2 amide bonds. The van der Waals surface area contributed by atoms with Gasteiger partial charge in [0.2, 0.25) is 0 Å². The predicted octanol–water partition coefficient (Wildman–Crippen LogP) is 4.31. The van der Waals surface area contributed by atoms with E-state index in [1.54, 1.807) is 0 Å². The summed E-state index contributed by atoms with van der Waals surface area (Å²) in [6.07, 6.45) is 6.25. The Morgan fingerprint density at radius 2 is 2.29 bits per heavy atom. The van der Waals surface area contributed by atoms with Crippen molar-refractivity contribution in [2.75, 3.05) is 11.9 Å². The topological polar surface area (TPSA) is 45.5 Å². The lowest BCUT2D eigenvalue weighted by molar-refractivity contribution is 0.208. The third-order valence-electron chi connectivity index (χ3n) is 3.80. The van der Waals surface area contributed by atoms with Crippen molar-refractivity contribution in [1.82, 2.24) is 4.90 Å². The molecular weight excluding hydrogens is 264 g/mol. The number of hydrogen-bond donors (Lipinski definition) is 1. The summed E-state index contributed by atoms with van der Waals surface area (Å²) in [7, 11) is 0. The van der Waals surface area contributed by atoms with Crippen molar-refractivity contribution in [1.29, 1.82) is 0 Å². The fourth-order valence-electron chi connectivity index (χ4n) is 2.80. The Morgan fingerprint density at radius 1 is 1.43 bits per heavy atom. The molecule has 2 aromatic rings. The number of amides is 2. The number of aryl methyl sites for hydroxylation is 1. The highest BCUT2D eigenvalue weighted by Crippen LogP contribution is 2.23. The van der Waals surface area contributed by atoms with Gasteiger partial charge >= 0.3 is 6.03 Å². The van der Waals surface area contributed by atoms with E-state index in [0.717, 1.165) is 35.3 Å². The summed E-state index contributed by atoms with van der Waals surface area (Å²) in [5.74, 6) is 0.875. The van der Waals surface area contributed by atoms with Crippen LogP contribution in [0.1, 0.15) is 25.5 Å².